The van der Waals surface area contributed by atoms with Gasteiger partial charge in [0.2, 0.25) is 0 Å². The standard InChI is InChI=1S/C38H62S/c1-21-22(2)24(4)34-33(23(21)3)25(5)26(6)35(34)39(13,14)36-31-19-27(37(7,8)9)15-17-29(31)30-18-16-28(20-32(30)36)38(10,11)12/h15-26,29-36H,1-14H3. The molecule has 0 spiro atoms. The molecule has 13 unspecified atom stereocenters. The normalized spacial score (nSPS) is 48.3. The maximum Gasteiger partial charge on any atom is 0.00239 e. The molecule has 5 aliphatic carbocycles. The highest BCUT2D eigenvalue weighted by Gasteiger charge is 2.62. The van der Waals surface area contributed by atoms with Crippen LogP contribution in [0, 0.1) is 81.8 Å². The average Bonchev–Trinajstić information content (AvgIpc) is 3.32. The summed E-state index contributed by atoms with van der Waals surface area (Å²) in [5.74, 6) is 9.42. The summed E-state index contributed by atoms with van der Waals surface area (Å²) in [4.78, 5) is 0. The largest absolute Gasteiger partial charge is 0.239 e. The van der Waals surface area contributed by atoms with Crippen LogP contribution < -0.4 is 0 Å². The van der Waals surface area contributed by atoms with E-state index < -0.39 is 10.0 Å². The molecule has 5 rings (SSSR count). The second-order valence-corrected chi connectivity index (χ2v) is 21.6. The predicted octanol–water partition coefficient (Wildman–Crippen LogP) is 10.4. The molecule has 0 N–H and O–H groups in total. The Labute approximate surface area is 245 Å². The van der Waals surface area contributed by atoms with Gasteiger partial charge < -0.3 is 0 Å². The molecule has 3 fully saturated rings. The Morgan fingerprint density at radius 2 is 0.872 bits per heavy atom. The fraction of sp³-hybridized carbons (Fsp3) is 0.789. The highest BCUT2D eigenvalue weighted by Crippen LogP contribution is 2.73. The first-order valence-corrected chi connectivity index (χ1v) is 19.0. The Morgan fingerprint density at radius 3 is 1.28 bits per heavy atom. The molecule has 5 aliphatic rings. The summed E-state index contributed by atoms with van der Waals surface area (Å²) in [6.07, 6.45) is 21.5. The summed E-state index contributed by atoms with van der Waals surface area (Å²) in [5, 5.41) is 1.62. The third-order valence-electron chi connectivity index (χ3n) is 13.4. The minimum Gasteiger partial charge on any atom is -0.239 e. The second kappa shape index (κ2) is 9.67. The number of fused-ring (bicyclic) bond motifs is 4. The molecule has 0 radical (unpaired) electrons. The van der Waals surface area contributed by atoms with E-state index in [0.29, 0.717) is 23.7 Å². The van der Waals surface area contributed by atoms with Crippen molar-refractivity contribution in [3.63, 3.8) is 0 Å². The zero-order valence-electron chi connectivity index (χ0n) is 28.0. The van der Waals surface area contributed by atoms with Crippen LogP contribution in [-0.2, 0) is 0 Å². The maximum atomic E-state index is 2.82. The number of hydrogen-bond acceptors (Lipinski definition) is 0. The van der Waals surface area contributed by atoms with Gasteiger partial charge in [0.1, 0.15) is 0 Å². The van der Waals surface area contributed by atoms with Crippen LogP contribution in [0.1, 0.15) is 83.1 Å². The Kier molecular flexibility index (Phi) is 7.39. The molecule has 1 heteroatoms. The fourth-order valence-corrected chi connectivity index (χ4v) is 15.8. The Morgan fingerprint density at radius 1 is 0.487 bits per heavy atom. The van der Waals surface area contributed by atoms with Crippen LogP contribution in [0.15, 0.2) is 47.6 Å². The lowest BCUT2D eigenvalue weighted by molar-refractivity contribution is 0.0153. The molecule has 0 aromatic carbocycles. The van der Waals surface area contributed by atoms with Crippen molar-refractivity contribution in [1.82, 2.24) is 0 Å². The van der Waals surface area contributed by atoms with Gasteiger partial charge >= 0.3 is 0 Å². The monoisotopic (exact) mass is 550 g/mol. The molecule has 3 saturated carbocycles. The Bertz CT molecular complexity index is 1020. The van der Waals surface area contributed by atoms with Gasteiger partial charge in [0, 0.05) is 5.25 Å². The van der Waals surface area contributed by atoms with Crippen molar-refractivity contribution >= 4 is 10.0 Å². The summed E-state index contributed by atoms with van der Waals surface area (Å²) < 4.78 is 0. The van der Waals surface area contributed by atoms with Crippen molar-refractivity contribution in [2.45, 2.75) is 93.6 Å². The molecule has 0 amide bonds. The van der Waals surface area contributed by atoms with Crippen molar-refractivity contribution in [1.29, 1.82) is 0 Å². The first-order chi connectivity index (χ1) is 17.9. The zero-order chi connectivity index (χ0) is 29.0. The number of hydrogen-bond donors (Lipinski definition) is 0. The smallest absolute Gasteiger partial charge is 0.00239 e. The minimum atomic E-state index is -0.924. The predicted molar refractivity (Wildman–Crippen MR) is 176 cm³/mol. The van der Waals surface area contributed by atoms with E-state index in [0.717, 1.165) is 57.8 Å². The van der Waals surface area contributed by atoms with Crippen molar-refractivity contribution in [3.05, 3.63) is 47.6 Å². The fourth-order valence-electron chi connectivity index (χ4n) is 10.7. The summed E-state index contributed by atoms with van der Waals surface area (Å²) >= 11 is 0. The second-order valence-electron chi connectivity index (χ2n) is 17.5. The van der Waals surface area contributed by atoms with Crippen molar-refractivity contribution in [2.24, 2.45) is 81.8 Å². The summed E-state index contributed by atoms with van der Waals surface area (Å²) in [6.45, 7) is 30.2. The molecule has 0 aliphatic heterocycles. The summed E-state index contributed by atoms with van der Waals surface area (Å²) in [7, 11) is -0.924. The Hall–Kier alpha value is -0.690. The van der Waals surface area contributed by atoms with E-state index in [4.69, 9.17) is 0 Å². The molecular weight excluding hydrogens is 488 g/mol. The van der Waals surface area contributed by atoms with Crippen LogP contribution in [-0.4, -0.2) is 23.0 Å². The Balaban J connectivity index is 1.64. The van der Waals surface area contributed by atoms with E-state index in [1.165, 1.54) is 0 Å². The van der Waals surface area contributed by atoms with Gasteiger partial charge in [-0.3, -0.25) is 0 Å². The van der Waals surface area contributed by atoms with Gasteiger partial charge in [-0.2, -0.15) is 0 Å². The van der Waals surface area contributed by atoms with Gasteiger partial charge in [-0.15, -0.1) is 0 Å². The van der Waals surface area contributed by atoms with Crippen molar-refractivity contribution < 1.29 is 0 Å². The molecule has 39 heavy (non-hydrogen) atoms. The van der Waals surface area contributed by atoms with Crippen molar-refractivity contribution in [2.75, 3.05) is 12.5 Å². The lowest BCUT2D eigenvalue weighted by atomic mass is 9.58. The maximum absolute atomic E-state index is 2.82. The van der Waals surface area contributed by atoms with Gasteiger partial charge in [0.15, 0.2) is 0 Å². The van der Waals surface area contributed by atoms with Gasteiger partial charge in [0.05, 0.1) is 0 Å². The summed E-state index contributed by atoms with van der Waals surface area (Å²) in [6, 6.07) is 0. The molecule has 0 nitrogen and oxygen atoms in total. The molecule has 0 aromatic heterocycles. The number of allylic oxidation sites excluding steroid dienone is 8. The molecule has 0 saturated heterocycles. The van der Waals surface area contributed by atoms with Gasteiger partial charge in [0.25, 0.3) is 0 Å². The molecule has 0 bridgehead atoms. The van der Waals surface area contributed by atoms with E-state index in [1.54, 1.807) is 11.1 Å². The highest BCUT2D eigenvalue weighted by atomic mass is 32.3. The lowest BCUT2D eigenvalue weighted by Gasteiger charge is -2.56. The van der Waals surface area contributed by atoms with E-state index in [2.05, 4.69) is 132 Å². The third-order valence-corrected chi connectivity index (χ3v) is 17.6. The van der Waals surface area contributed by atoms with Gasteiger partial charge in [-0.25, -0.2) is 10.0 Å². The first kappa shape index (κ1) is 29.8. The average molecular weight is 551 g/mol. The molecule has 220 valence electrons. The van der Waals surface area contributed by atoms with Crippen LogP contribution in [0.4, 0.5) is 0 Å². The first-order valence-electron chi connectivity index (χ1n) is 16.4. The van der Waals surface area contributed by atoms with E-state index >= 15 is 0 Å². The molecule has 13 atom stereocenters. The molecular formula is C38H62S. The van der Waals surface area contributed by atoms with Crippen molar-refractivity contribution in [3.8, 4) is 0 Å². The SMILES string of the molecule is CC1C(C)C(C)C2C(C1C)C(C)C(C)C2S(C)(C)C1C2C=C(C(C)(C)C)C=CC2C2C=CC(C(C)(C)C)=CC21. The van der Waals surface area contributed by atoms with Crippen LogP contribution in [0.5, 0.6) is 0 Å². The van der Waals surface area contributed by atoms with Crippen LogP contribution in [0.25, 0.3) is 0 Å². The van der Waals surface area contributed by atoms with E-state index in [9.17, 15) is 0 Å². The van der Waals surface area contributed by atoms with Crippen LogP contribution >= 0.6 is 10.0 Å². The highest BCUT2D eigenvalue weighted by molar-refractivity contribution is 8.33. The quantitative estimate of drug-likeness (QED) is 0.321. The topological polar surface area (TPSA) is 0 Å². The van der Waals surface area contributed by atoms with Crippen LogP contribution in [0.3, 0.4) is 0 Å². The van der Waals surface area contributed by atoms with Crippen LogP contribution in [0.2, 0.25) is 0 Å². The van der Waals surface area contributed by atoms with Gasteiger partial charge in [-0.1, -0.05) is 120 Å². The minimum absolute atomic E-state index is 0.209. The third kappa shape index (κ3) is 4.53. The van der Waals surface area contributed by atoms with E-state index in [1.807, 2.05) is 0 Å². The van der Waals surface area contributed by atoms with Gasteiger partial charge in [-0.05, 0) is 111 Å². The zero-order valence-corrected chi connectivity index (χ0v) is 28.8. The molecule has 0 heterocycles. The lowest BCUT2D eigenvalue weighted by Crippen LogP contribution is -2.47. The molecule has 0 aromatic rings. The van der Waals surface area contributed by atoms with E-state index in [-0.39, 0.29) is 10.8 Å². The summed E-state index contributed by atoms with van der Waals surface area (Å²) in [5.41, 5.74) is 3.56. The number of rotatable bonds is 2.